The van der Waals surface area contributed by atoms with Crippen molar-refractivity contribution in [2.24, 2.45) is 0 Å². The zero-order valence-electron chi connectivity index (χ0n) is 9.73. The van der Waals surface area contributed by atoms with E-state index in [9.17, 15) is 13.0 Å². The molecule has 0 aliphatic heterocycles. The summed E-state index contributed by atoms with van der Waals surface area (Å²) >= 11 is 0.624. The molecule has 0 bridgehead atoms. The van der Waals surface area contributed by atoms with Crippen molar-refractivity contribution in [1.29, 1.82) is 0 Å². The van der Waals surface area contributed by atoms with Gasteiger partial charge in [-0.05, 0) is 24.4 Å². The first-order valence-electron chi connectivity index (χ1n) is 5.08. The lowest BCUT2D eigenvalue weighted by Gasteiger charge is -2.07. The van der Waals surface area contributed by atoms with E-state index in [1.54, 1.807) is 24.3 Å². The van der Waals surface area contributed by atoms with E-state index in [-0.39, 0.29) is 4.90 Å². The highest BCUT2D eigenvalue weighted by Crippen LogP contribution is 2.31. The van der Waals surface area contributed by atoms with Gasteiger partial charge in [0.05, 0.1) is 12.0 Å². The molecule has 6 nitrogen and oxygen atoms in total. The molecule has 0 spiro atoms. The summed E-state index contributed by atoms with van der Waals surface area (Å²) in [5, 5.41) is 12.6. The first-order valence-corrected chi connectivity index (χ1v) is 7.26. The molecule has 0 saturated carbocycles. The summed E-state index contributed by atoms with van der Waals surface area (Å²) < 4.78 is 36.3. The number of benzene rings is 2. The molecule has 102 valence electrons. The molecule has 0 amide bonds. The van der Waals surface area contributed by atoms with E-state index >= 15 is 0 Å². The van der Waals surface area contributed by atoms with Crippen molar-refractivity contribution >= 4 is 32.9 Å². The van der Waals surface area contributed by atoms with Crippen LogP contribution in [0.25, 0.3) is 10.8 Å². The Morgan fingerprint density at radius 1 is 1.21 bits per heavy atom. The van der Waals surface area contributed by atoms with Crippen molar-refractivity contribution in [3.63, 3.8) is 0 Å². The van der Waals surface area contributed by atoms with Crippen molar-refractivity contribution in [2.45, 2.75) is 16.7 Å². The van der Waals surface area contributed by atoms with Crippen LogP contribution in [-0.2, 0) is 19.5 Å². The lowest BCUT2D eigenvalue weighted by Crippen LogP contribution is -2.00. The molecule has 2 aromatic carbocycles. The monoisotopic (exact) mass is 302 g/mol. The second kappa shape index (κ2) is 5.45. The van der Waals surface area contributed by atoms with Crippen LogP contribution in [0.4, 0.5) is 0 Å². The molecule has 2 N–H and O–H groups in total. The van der Waals surface area contributed by atoms with Gasteiger partial charge >= 0.3 is 0 Å². The van der Waals surface area contributed by atoms with Crippen LogP contribution in [0.15, 0.2) is 40.1 Å². The van der Waals surface area contributed by atoms with E-state index in [1.807, 2.05) is 6.92 Å². The molecular formula is C11H10O6S2. The first-order chi connectivity index (χ1) is 8.91. The highest BCUT2D eigenvalue weighted by molar-refractivity contribution is 7.94. The van der Waals surface area contributed by atoms with Crippen molar-refractivity contribution in [3.8, 4) is 0 Å². The maximum absolute atomic E-state index is 11.4. The molecule has 2 rings (SSSR count). The molecule has 0 aliphatic rings. The number of rotatable bonds is 4. The number of hydrogen-bond acceptors (Lipinski definition) is 6. The molecule has 0 fully saturated rings. The van der Waals surface area contributed by atoms with E-state index in [0.717, 1.165) is 5.56 Å². The summed E-state index contributed by atoms with van der Waals surface area (Å²) in [5.41, 5.74) is 0.940. The normalized spacial score (nSPS) is 11.9. The zero-order chi connectivity index (χ0) is 14.0. The summed E-state index contributed by atoms with van der Waals surface area (Å²) in [6, 6.07) is 8.02. The summed E-state index contributed by atoms with van der Waals surface area (Å²) in [7, 11) is -4.36. The molecule has 0 unspecified atom stereocenters. The Kier molecular flexibility index (Phi) is 4.09. The second-order valence-electron chi connectivity index (χ2n) is 3.85. The van der Waals surface area contributed by atoms with Gasteiger partial charge in [-0.3, -0.25) is 4.55 Å². The Bertz CT molecular complexity index is 710. The fourth-order valence-corrected chi connectivity index (χ4v) is 3.01. The van der Waals surface area contributed by atoms with Gasteiger partial charge in [0.15, 0.2) is 0 Å². The minimum absolute atomic E-state index is 0.228. The predicted octanol–water partition coefficient (Wildman–Crippen LogP) is 2.82. The minimum Gasteiger partial charge on any atom is -0.282 e. The van der Waals surface area contributed by atoms with Gasteiger partial charge in [0.1, 0.15) is 4.90 Å². The molecule has 0 aliphatic carbocycles. The summed E-state index contributed by atoms with van der Waals surface area (Å²) in [5.74, 6) is 0. The van der Waals surface area contributed by atoms with Gasteiger partial charge in [-0.15, -0.1) is 4.33 Å². The average Bonchev–Trinajstić information content (AvgIpc) is 2.33. The van der Waals surface area contributed by atoms with Crippen LogP contribution in [0.5, 0.6) is 0 Å². The van der Waals surface area contributed by atoms with E-state index in [1.165, 1.54) is 6.07 Å². The Labute approximate surface area is 113 Å². The third kappa shape index (κ3) is 3.24. The smallest absolute Gasteiger partial charge is 0.282 e. The van der Waals surface area contributed by atoms with Crippen molar-refractivity contribution in [1.82, 2.24) is 0 Å². The van der Waals surface area contributed by atoms with Crippen molar-refractivity contribution in [2.75, 3.05) is 0 Å². The molecule has 0 saturated heterocycles. The Balaban J connectivity index is 2.69. The summed E-state index contributed by atoms with van der Waals surface area (Å²) in [6.07, 6.45) is 0. The summed E-state index contributed by atoms with van der Waals surface area (Å²) in [6.45, 7) is 1.86. The maximum atomic E-state index is 11.4. The average molecular weight is 302 g/mol. The van der Waals surface area contributed by atoms with Gasteiger partial charge in [0.2, 0.25) is 0 Å². The fourth-order valence-electron chi connectivity index (χ4n) is 1.74. The zero-order valence-corrected chi connectivity index (χ0v) is 11.4. The Morgan fingerprint density at radius 2 is 1.95 bits per heavy atom. The molecular weight excluding hydrogens is 292 g/mol. The Morgan fingerprint density at radius 3 is 2.58 bits per heavy atom. The van der Waals surface area contributed by atoms with Crippen LogP contribution in [0.3, 0.4) is 0 Å². The van der Waals surface area contributed by atoms with Gasteiger partial charge in [-0.2, -0.15) is 8.42 Å². The lowest BCUT2D eigenvalue weighted by atomic mass is 10.1. The van der Waals surface area contributed by atoms with Gasteiger partial charge < -0.3 is 0 Å². The maximum Gasteiger partial charge on any atom is 0.295 e. The minimum atomic E-state index is -4.36. The fraction of sp³-hybridized carbons (Fsp3) is 0.0909. The number of aryl methyl sites for hydroxylation is 1. The standard InChI is InChI=1S/C11H10O6S2/c1-7-2-3-10-8(4-7)5-9(18-17-16-12)6-11(10)19(13,14)15/h2-6,12H,1H3,(H,13,14,15). The SMILES string of the molecule is Cc1ccc2c(S(=O)(=O)O)cc(SOOO)cc2c1. The lowest BCUT2D eigenvalue weighted by molar-refractivity contribution is -0.432. The third-order valence-electron chi connectivity index (χ3n) is 2.48. The molecule has 0 atom stereocenters. The molecule has 8 heteroatoms. The number of fused-ring (bicyclic) bond motifs is 1. The molecule has 0 radical (unpaired) electrons. The Hall–Kier alpha value is -1.16. The second-order valence-corrected chi connectivity index (χ2v) is 6.01. The van der Waals surface area contributed by atoms with Crippen LogP contribution in [0, 0.1) is 6.92 Å². The quantitative estimate of drug-likeness (QED) is 0.388. The topological polar surface area (TPSA) is 93.1 Å². The van der Waals surface area contributed by atoms with Crippen molar-refractivity contribution < 1.29 is 27.6 Å². The van der Waals surface area contributed by atoms with E-state index in [0.29, 0.717) is 27.7 Å². The van der Waals surface area contributed by atoms with E-state index in [4.69, 9.17) is 5.26 Å². The highest BCUT2D eigenvalue weighted by atomic mass is 32.2. The van der Waals surface area contributed by atoms with Crippen LogP contribution < -0.4 is 0 Å². The van der Waals surface area contributed by atoms with Crippen LogP contribution >= 0.6 is 12.0 Å². The van der Waals surface area contributed by atoms with Crippen molar-refractivity contribution in [3.05, 3.63) is 35.9 Å². The van der Waals surface area contributed by atoms with E-state index < -0.39 is 10.1 Å². The van der Waals surface area contributed by atoms with Gasteiger partial charge in [-0.1, -0.05) is 28.8 Å². The highest BCUT2D eigenvalue weighted by Gasteiger charge is 2.16. The van der Waals surface area contributed by atoms with Gasteiger partial charge in [0.25, 0.3) is 10.1 Å². The first kappa shape index (κ1) is 14.3. The third-order valence-corrected chi connectivity index (χ3v) is 3.93. The van der Waals surface area contributed by atoms with Gasteiger partial charge in [-0.25, -0.2) is 5.26 Å². The molecule has 0 heterocycles. The van der Waals surface area contributed by atoms with E-state index in [2.05, 4.69) is 9.37 Å². The molecule has 2 aromatic rings. The predicted molar refractivity (Wildman–Crippen MR) is 69.2 cm³/mol. The van der Waals surface area contributed by atoms with Crippen LogP contribution in [0.1, 0.15) is 5.56 Å². The largest absolute Gasteiger partial charge is 0.295 e. The molecule has 0 aromatic heterocycles. The van der Waals surface area contributed by atoms with Gasteiger partial charge in [0, 0.05) is 10.3 Å². The molecule has 19 heavy (non-hydrogen) atoms. The number of hydrogen-bond donors (Lipinski definition) is 2. The van der Waals surface area contributed by atoms with Crippen LogP contribution in [-0.4, -0.2) is 18.2 Å². The summed E-state index contributed by atoms with van der Waals surface area (Å²) in [4.78, 5) is 0.133. The van der Waals surface area contributed by atoms with Crippen LogP contribution in [0.2, 0.25) is 0 Å².